The van der Waals surface area contributed by atoms with Crippen molar-refractivity contribution in [1.29, 1.82) is 5.26 Å². The fourth-order valence-corrected chi connectivity index (χ4v) is 1.16. The molecule has 0 radical (unpaired) electrons. The van der Waals surface area contributed by atoms with Crippen molar-refractivity contribution in [3.05, 3.63) is 29.1 Å². The molecule has 1 rings (SSSR count). The van der Waals surface area contributed by atoms with Gasteiger partial charge < -0.3 is 5.11 Å². The molecule has 0 bridgehead atoms. The fourth-order valence-electron chi connectivity index (χ4n) is 1.03. The second-order valence-corrected chi connectivity index (χ2v) is 2.79. The molecule has 0 aliphatic carbocycles. The number of hydrogen-bond acceptors (Lipinski definition) is 3. The molecule has 0 unspecified atom stereocenters. The Morgan fingerprint density at radius 1 is 1.64 bits per heavy atom. The number of carbonyl (C=O) groups is 1. The lowest BCUT2D eigenvalue weighted by molar-refractivity contribution is 0.101. The third kappa shape index (κ3) is 1.83. The summed E-state index contributed by atoms with van der Waals surface area (Å²) < 4.78 is 13.1. The van der Waals surface area contributed by atoms with E-state index in [1.165, 1.54) is 0 Å². The molecule has 1 aromatic carbocycles. The molecule has 14 heavy (non-hydrogen) atoms. The molecule has 0 saturated carbocycles. The van der Waals surface area contributed by atoms with Crippen LogP contribution < -0.4 is 0 Å². The number of Topliss-reactive ketones (excluding diaryl/α,β-unsaturated/α-hetero) is 1. The molecule has 0 aliphatic rings. The maximum atomic E-state index is 13.1. The van der Waals surface area contributed by atoms with Crippen LogP contribution in [0.15, 0.2) is 12.1 Å². The van der Waals surface area contributed by atoms with Crippen LogP contribution >= 0.6 is 11.6 Å². The van der Waals surface area contributed by atoms with Crippen LogP contribution in [0.3, 0.4) is 0 Å². The van der Waals surface area contributed by atoms with Crippen molar-refractivity contribution in [2.75, 3.05) is 5.88 Å². The molecule has 1 aromatic rings. The first-order valence-corrected chi connectivity index (χ1v) is 4.15. The van der Waals surface area contributed by atoms with Gasteiger partial charge in [-0.3, -0.25) is 4.79 Å². The predicted octanol–water partition coefficient (Wildman–Crippen LogP) is 1.82. The highest BCUT2D eigenvalue weighted by molar-refractivity contribution is 6.30. The maximum absolute atomic E-state index is 13.1. The Bertz CT molecular complexity index is 426. The quantitative estimate of drug-likeness (QED) is 0.602. The van der Waals surface area contributed by atoms with Crippen molar-refractivity contribution in [3.63, 3.8) is 0 Å². The number of phenolic OH excluding ortho intramolecular Hbond substituents is 1. The van der Waals surface area contributed by atoms with E-state index in [0.29, 0.717) is 0 Å². The summed E-state index contributed by atoms with van der Waals surface area (Å²) in [4.78, 5) is 11.1. The Labute approximate surface area is 84.3 Å². The van der Waals surface area contributed by atoms with Gasteiger partial charge in [-0.1, -0.05) is 0 Å². The number of hydrogen-bond donors (Lipinski definition) is 1. The van der Waals surface area contributed by atoms with Crippen LogP contribution in [0.1, 0.15) is 15.9 Å². The number of halogens is 2. The number of phenols is 1. The second kappa shape index (κ2) is 4.07. The van der Waals surface area contributed by atoms with Crippen LogP contribution in [-0.2, 0) is 0 Å². The van der Waals surface area contributed by atoms with Crippen LogP contribution in [0.25, 0.3) is 0 Å². The summed E-state index contributed by atoms with van der Waals surface area (Å²) in [5, 5.41) is 17.6. The molecular formula is C9H5ClFNO2. The van der Waals surface area contributed by atoms with Gasteiger partial charge in [0, 0.05) is 6.07 Å². The minimum absolute atomic E-state index is 0.215. The molecule has 0 amide bonds. The van der Waals surface area contributed by atoms with E-state index in [1.807, 2.05) is 0 Å². The van der Waals surface area contributed by atoms with E-state index < -0.39 is 23.2 Å². The molecule has 72 valence electrons. The first kappa shape index (κ1) is 10.5. The number of nitrogens with zero attached hydrogens (tertiary/aromatic N) is 1. The zero-order chi connectivity index (χ0) is 10.7. The van der Waals surface area contributed by atoms with Crippen molar-refractivity contribution in [1.82, 2.24) is 0 Å². The van der Waals surface area contributed by atoms with Gasteiger partial charge in [0.05, 0.1) is 17.0 Å². The second-order valence-electron chi connectivity index (χ2n) is 2.52. The van der Waals surface area contributed by atoms with Crippen molar-refractivity contribution in [2.24, 2.45) is 0 Å². The fraction of sp³-hybridized carbons (Fsp3) is 0.111. The third-order valence-electron chi connectivity index (χ3n) is 1.60. The van der Waals surface area contributed by atoms with E-state index in [9.17, 15) is 9.18 Å². The number of rotatable bonds is 2. The van der Waals surface area contributed by atoms with E-state index in [2.05, 4.69) is 0 Å². The van der Waals surface area contributed by atoms with Crippen molar-refractivity contribution >= 4 is 17.4 Å². The predicted molar refractivity (Wildman–Crippen MR) is 47.8 cm³/mol. The molecular weight excluding hydrogens is 209 g/mol. The van der Waals surface area contributed by atoms with E-state index in [1.54, 1.807) is 6.07 Å². The Morgan fingerprint density at radius 2 is 2.29 bits per heavy atom. The Morgan fingerprint density at radius 3 is 2.79 bits per heavy atom. The monoisotopic (exact) mass is 213 g/mol. The molecule has 0 aromatic heterocycles. The molecule has 3 nitrogen and oxygen atoms in total. The zero-order valence-electron chi connectivity index (χ0n) is 6.92. The van der Waals surface area contributed by atoms with Crippen LogP contribution in [0.2, 0.25) is 0 Å². The normalized spacial score (nSPS) is 9.50. The lowest BCUT2D eigenvalue weighted by Crippen LogP contribution is -2.06. The van der Waals surface area contributed by atoms with E-state index in [4.69, 9.17) is 22.0 Å². The van der Waals surface area contributed by atoms with E-state index in [0.717, 1.165) is 12.1 Å². The number of nitriles is 1. The number of ketones is 1. The third-order valence-corrected chi connectivity index (χ3v) is 1.84. The van der Waals surface area contributed by atoms with Crippen LogP contribution in [-0.4, -0.2) is 16.8 Å². The molecule has 0 aliphatic heterocycles. The van der Waals surface area contributed by atoms with Crippen molar-refractivity contribution < 1.29 is 14.3 Å². The largest absolute Gasteiger partial charge is 0.508 e. The SMILES string of the molecule is N#Cc1cc(O)cc(F)c1C(=O)CCl. The standard InChI is InChI=1S/C9H5ClFNO2/c10-3-8(14)9-5(4-12)1-6(13)2-7(9)11/h1-2,13H,3H2. The van der Waals surface area contributed by atoms with Crippen LogP contribution in [0.5, 0.6) is 5.75 Å². The smallest absolute Gasteiger partial charge is 0.181 e. The molecule has 5 heteroatoms. The van der Waals surface area contributed by atoms with Gasteiger partial charge in [-0.2, -0.15) is 5.26 Å². The molecule has 0 saturated heterocycles. The van der Waals surface area contributed by atoms with Gasteiger partial charge in [-0.15, -0.1) is 11.6 Å². The average Bonchev–Trinajstić information content (AvgIpc) is 2.15. The topological polar surface area (TPSA) is 61.1 Å². The van der Waals surface area contributed by atoms with Gasteiger partial charge in [-0.05, 0) is 6.07 Å². The van der Waals surface area contributed by atoms with Gasteiger partial charge in [0.1, 0.15) is 17.6 Å². The number of benzene rings is 1. The van der Waals surface area contributed by atoms with Gasteiger partial charge in [0.2, 0.25) is 0 Å². The molecule has 1 N–H and O–H groups in total. The van der Waals surface area contributed by atoms with Crippen LogP contribution in [0, 0.1) is 17.1 Å². The van der Waals surface area contributed by atoms with Gasteiger partial charge in [0.25, 0.3) is 0 Å². The zero-order valence-corrected chi connectivity index (χ0v) is 7.68. The van der Waals surface area contributed by atoms with Gasteiger partial charge in [0.15, 0.2) is 5.78 Å². The summed E-state index contributed by atoms with van der Waals surface area (Å²) in [6.45, 7) is 0. The summed E-state index contributed by atoms with van der Waals surface area (Å²) in [5.41, 5.74) is -0.589. The lowest BCUT2D eigenvalue weighted by atomic mass is 10.0. The summed E-state index contributed by atoms with van der Waals surface area (Å²) in [6, 6.07) is 3.39. The Balaban J connectivity index is 3.42. The summed E-state index contributed by atoms with van der Waals surface area (Å²) in [5.74, 6) is -2.42. The van der Waals surface area contributed by atoms with Crippen molar-refractivity contribution in [2.45, 2.75) is 0 Å². The molecule has 0 heterocycles. The Hall–Kier alpha value is -1.60. The number of carbonyl (C=O) groups excluding carboxylic acids is 1. The van der Waals surface area contributed by atoms with E-state index >= 15 is 0 Å². The average molecular weight is 214 g/mol. The Kier molecular flexibility index (Phi) is 3.05. The van der Waals surface area contributed by atoms with Crippen LogP contribution in [0.4, 0.5) is 4.39 Å². The molecule has 0 atom stereocenters. The highest BCUT2D eigenvalue weighted by Gasteiger charge is 2.17. The molecule has 0 spiro atoms. The summed E-state index contributed by atoms with van der Waals surface area (Å²) >= 11 is 5.24. The first-order chi connectivity index (χ1) is 6.60. The number of aromatic hydroxyl groups is 1. The highest BCUT2D eigenvalue weighted by atomic mass is 35.5. The highest BCUT2D eigenvalue weighted by Crippen LogP contribution is 2.20. The van der Waals surface area contributed by atoms with Gasteiger partial charge in [-0.25, -0.2) is 4.39 Å². The van der Waals surface area contributed by atoms with Crippen molar-refractivity contribution in [3.8, 4) is 11.8 Å². The first-order valence-electron chi connectivity index (χ1n) is 3.62. The van der Waals surface area contributed by atoms with Gasteiger partial charge >= 0.3 is 0 Å². The minimum Gasteiger partial charge on any atom is -0.508 e. The minimum atomic E-state index is -0.938. The summed E-state index contributed by atoms with van der Waals surface area (Å²) in [7, 11) is 0. The van der Waals surface area contributed by atoms with E-state index in [-0.39, 0.29) is 11.1 Å². The summed E-state index contributed by atoms with van der Waals surface area (Å²) in [6.07, 6.45) is 0. The maximum Gasteiger partial charge on any atom is 0.181 e. The lowest BCUT2D eigenvalue weighted by Gasteiger charge is -2.02. The molecule has 0 fully saturated rings. The number of alkyl halides is 1.